The predicted octanol–water partition coefficient (Wildman–Crippen LogP) is 4.20. The standard InChI is InChI=1S/C15H20BrN3/c1-5-19-14(15(16)12(4)18-19)9-17-13-8-10(2)6-7-11(13)3/h6-8,17H,5,9H2,1-4H3. The van der Waals surface area contributed by atoms with Crippen LogP contribution in [0.2, 0.25) is 0 Å². The molecular weight excluding hydrogens is 302 g/mol. The number of hydrogen-bond acceptors (Lipinski definition) is 2. The number of hydrogen-bond donors (Lipinski definition) is 1. The molecule has 0 radical (unpaired) electrons. The van der Waals surface area contributed by atoms with E-state index in [-0.39, 0.29) is 0 Å². The lowest BCUT2D eigenvalue weighted by atomic mass is 10.1. The minimum Gasteiger partial charge on any atom is -0.379 e. The number of benzene rings is 1. The zero-order valence-electron chi connectivity index (χ0n) is 11.9. The van der Waals surface area contributed by atoms with Crippen molar-refractivity contribution in [2.24, 2.45) is 0 Å². The molecule has 0 unspecified atom stereocenters. The monoisotopic (exact) mass is 321 g/mol. The first kappa shape index (κ1) is 14.1. The van der Waals surface area contributed by atoms with Gasteiger partial charge in [-0.05, 0) is 60.8 Å². The molecule has 3 nitrogen and oxygen atoms in total. The summed E-state index contributed by atoms with van der Waals surface area (Å²) in [6, 6.07) is 6.47. The summed E-state index contributed by atoms with van der Waals surface area (Å²) in [6.45, 7) is 10.0. The van der Waals surface area contributed by atoms with Gasteiger partial charge in [0.15, 0.2) is 0 Å². The van der Waals surface area contributed by atoms with Gasteiger partial charge in [0.1, 0.15) is 0 Å². The van der Waals surface area contributed by atoms with Crippen LogP contribution in [0.1, 0.15) is 29.4 Å². The summed E-state index contributed by atoms with van der Waals surface area (Å²) in [7, 11) is 0. The molecule has 0 spiro atoms. The van der Waals surface area contributed by atoms with Crippen molar-refractivity contribution in [3.63, 3.8) is 0 Å². The molecule has 2 rings (SSSR count). The van der Waals surface area contributed by atoms with E-state index in [1.165, 1.54) is 22.5 Å². The van der Waals surface area contributed by atoms with E-state index in [1.54, 1.807) is 0 Å². The predicted molar refractivity (Wildman–Crippen MR) is 83.6 cm³/mol. The summed E-state index contributed by atoms with van der Waals surface area (Å²) in [5, 5.41) is 8.02. The molecule has 102 valence electrons. The third-order valence-corrected chi connectivity index (χ3v) is 4.32. The normalized spacial score (nSPS) is 10.8. The Morgan fingerprint density at radius 2 is 2.00 bits per heavy atom. The largest absolute Gasteiger partial charge is 0.379 e. The van der Waals surface area contributed by atoms with Gasteiger partial charge >= 0.3 is 0 Å². The van der Waals surface area contributed by atoms with E-state index in [1.807, 2.05) is 11.6 Å². The van der Waals surface area contributed by atoms with Crippen molar-refractivity contribution in [2.75, 3.05) is 5.32 Å². The van der Waals surface area contributed by atoms with Crippen molar-refractivity contribution in [2.45, 2.75) is 40.8 Å². The first-order valence-corrected chi connectivity index (χ1v) is 7.35. The number of aryl methyl sites for hydroxylation is 4. The van der Waals surface area contributed by atoms with Crippen LogP contribution in [0.4, 0.5) is 5.69 Å². The molecule has 1 N–H and O–H groups in total. The Bertz CT molecular complexity index is 587. The highest BCUT2D eigenvalue weighted by molar-refractivity contribution is 9.10. The van der Waals surface area contributed by atoms with Crippen LogP contribution in [0.15, 0.2) is 22.7 Å². The lowest BCUT2D eigenvalue weighted by molar-refractivity contribution is 0.622. The summed E-state index contributed by atoms with van der Waals surface area (Å²) in [4.78, 5) is 0. The van der Waals surface area contributed by atoms with Crippen LogP contribution < -0.4 is 5.32 Å². The maximum absolute atomic E-state index is 4.51. The fourth-order valence-corrected chi connectivity index (χ4v) is 2.57. The van der Waals surface area contributed by atoms with Gasteiger partial charge in [-0.15, -0.1) is 0 Å². The van der Waals surface area contributed by atoms with Gasteiger partial charge in [0, 0.05) is 12.2 Å². The molecule has 0 aliphatic heterocycles. The molecule has 0 atom stereocenters. The molecule has 0 amide bonds. The summed E-state index contributed by atoms with van der Waals surface area (Å²) in [5.41, 5.74) is 5.96. The number of nitrogens with zero attached hydrogens (tertiary/aromatic N) is 2. The molecule has 1 aromatic carbocycles. The van der Waals surface area contributed by atoms with E-state index in [2.05, 4.69) is 65.3 Å². The van der Waals surface area contributed by atoms with E-state index in [4.69, 9.17) is 0 Å². The average Bonchev–Trinajstić information content (AvgIpc) is 2.66. The van der Waals surface area contributed by atoms with E-state index < -0.39 is 0 Å². The third kappa shape index (κ3) is 3.00. The van der Waals surface area contributed by atoms with Gasteiger partial charge in [0.05, 0.1) is 22.4 Å². The van der Waals surface area contributed by atoms with E-state index in [9.17, 15) is 0 Å². The first-order valence-electron chi connectivity index (χ1n) is 6.55. The van der Waals surface area contributed by atoms with Crippen molar-refractivity contribution in [3.05, 3.63) is 45.2 Å². The van der Waals surface area contributed by atoms with Gasteiger partial charge < -0.3 is 5.32 Å². The molecular formula is C15H20BrN3. The van der Waals surface area contributed by atoms with Crippen LogP contribution in [0.5, 0.6) is 0 Å². The number of aromatic nitrogens is 2. The van der Waals surface area contributed by atoms with Crippen molar-refractivity contribution >= 4 is 21.6 Å². The number of anilines is 1. The molecule has 0 aliphatic carbocycles. The summed E-state index contributed by atoms with van der Waals surface area (Å²) in [6.07, 6.45) is 0. The highest BCUT2D eigenvalue weighted by Gasteiger charge is 2.11. The van der Waals surface area contributed by atoms with Crippen LogP contribution in [0.3, 0.4) is 0 Å². The van der Waals surface area contributed by atoms with Crippen molar-refractivity contribution < 1.29 is 0 Å². The highest BCUT2D eigenvalue weighted by atomic mass is 79.9. The Labute approximate surface area is 123 Å². The lowest BCUT2D eigenvalue weighted by Gasteiger charge is -2.12. The summed E-state index contributed by atoms with van der Waals surface area (Å²) >= 11 is 3.63. The molecule has 0 saturated heterocycles. The maximum atomic E-state index is 4.51. The number of halogens is 1. The molecule has 1 aromatic heterocycles. The molecule has 0 saturated carbocycles. The average molecular weight is 322 g/mol. The molecule has 1 heterocycles. The Kier molecular flexibility index (Phi) is 4.30. The van der Waals surface area contributed by atoms with Crippen LogP contribution in [-0.2, 0) is 13.1 Å². The second-order valence-electron chi connectivity index (χ2n) is 4.83. The van der Waals surface area contributed by atoms with Gasteiger partial charge in [-0.2, -0.15) is 5.10 Å². The number of rotatable bonds is 4. The molecule has 4 heteroatoms. The fraction of sp³-hybridized carbons (Fsp3) is 0.400. The topological polar surface area (TPSA) is 29.9 Å². The Morgan fingerprint density at radius 1 is 1.26 bits per heavy atom. The van der Waals surface area contributed by atoms with Crippen molar-refractivity contribution in [3.8, 4) is 0 Å². The van der Waals surface area contributed by atoms with Crippen LogP contribution in [0, 0.1) is 20.8 Å². The SMILES string of the molecule is CCn1nc(C)c(Br)c1CNc1cc(C)ccc1C. The number of nitrogens with one attached hydrogen (secondary N) is 1. The van der Waals surface area contributed by atoms with E-state index in [0.717, 1.165) is 23.3 Å². The minimum absolute atomic E-state index is 0.777. The lowest BCUT2D eigenvalue weighted by Crippen LogP contribution is -2.09. The molecule has 2 aromatic rings. The fourth-order valence-electron chi connectivity index (χ4n) is 2.14. The highest BCUT2D eigenvalue weighted by Crippen LogP contribution is 2.23. The van der Waals surface area contributed by atoms with Gasteiger partial charge in [-0.1, -0.05) is 12.1 Å². The third-order valence-electron chi connectivity index (χ3n) is 3.29. The van der Waals surface area contributed by atoms with Gasteiger partial charge in [-0.3, -0.25) is 4.68 Å². The Morgan fingerprint density at radius 3 is 2.68 bits per heavy atom. The second kappa shape index (κ2) is 5.78. The Hall–Kier alpha value is -1.29. The van der Waals surface area contributed by atoms with Crippen molar-refractivity contribution in [1.29, 1.82) is 0 Å². The summed E-state index contributed by atoms with van der Waals surface area (Å²) in [5.74, 6) is 0. The maximum Gasteiger partial charge on any atom is 0.0739 e. The minimum atomic E-state index is 0.777. The first-order chi connectivity index (χ1) is 9.02. The van der Waals surface area contributed by atoms with E-state index >= 15 is 0 Å². The van der Waals surface area contributed by atoms with Crippen LogP contribution in [-0.4, -0.2) is 9.78 Å². The van der Waals surface area contributed by atoms with Gasteiger partial charge in [0.25, 0.3) is 0 Å². The zero-order chi connectivity index (χ0) is 14.0. The molecule has 19 heavy (non-hydrogen) atoms. The quantitative estimate of drug-likeness (QED) is 0.914. The van der Waals surface area contributed by atoms with Gasteiger partial charge in [0.2, 0.25) is 0 Å². The summed E-state index contributed by atoms with van der Waals surface area (Å²) < 4.78 is 3.14. The second-order valence-corrected chi connectivity index (χ2v) is 5.63. The van der Waals surface area contributed by atoms with E-state index in [0.29, 0.717) is 0 Å². The van der Waals surface area contributed by atoms with Crippen LogP contribution in [0.25, 0.3) is 0 Å². The van der Waals surface area contributed by atoms with Crippen LogP contribution >= 0.6 is 15.9 Å². The smallest absolute Gasteiger partial charge is 0.0739 e. The Balaban J connectivity index is 2.21. The zero-order valence-corrected chi connectivity index (χ0v) is 13.5. The molecule has 0 bridgehead atoms. The van der Waals surface area contributed by atoms with Crippen molar-refractivity contribution in [1.82, 2.24) is 9.78 Å². The molecule has 0 aliphatic rings. The van der Waals surface area contributed by atoms with Gasteiger partial charge in [-0.25, -0.2) is 0 Å². The molecule has 0 fully saturated rings.